The minimum Gasteiger partial charge on any atom is -0.493 e. The predicted molar refractivity (Wildman–Crippen MR) is 49.5 cm³/mol. The van der Waals surface area contributed by atoms with Gasteiger partial charge in [0.1, 0.15) is 5.75 Å². The molecule has 2 rings (SSSR count). The van der Waals surface area contributed by atoms with E-state index < -0.39 is 0 Å². The molecule has 0 bridgehead atoms. The van der Waals surface area contributed by atoms with E-state index in [1.807, 2.05) is 6.07 Å². The second-order valence-electron chi connectivity index (χ2n) is 3.61. The maximum Gasteiger partial charge on any atom is 0.122 e. The van der Waals surface area contributed by atoms with Crippen molar-refractivity contribution in [3.63, 3.8) is 0 Å². The van der Waals surface area contributed by atoms with Crippen molar-refractivity contribution >= 4 is 0 Å². The number of ether oxygens (including phenoxy) is 1. The van der Waals surface area contributed by atoms with Crippen LogP contribution in [-0.2, 0) is 0 Å². The third-order valence-corrected chi connectivity index (χ3v) is 2.76. The highest BCUT2D eigenvalue weighted by Crippen LogP contribution is 2.35. The molecule has 1 heterocycles. The van der Waals surface area contributed by atoms with Gasteiger partial charge in [0.2, 0.25) is 0 Å². The molecular formula is C11H14O. The van der Waals surface area contributed by atoms with Crippen molar-refractivity contribution in [3.05, 3.63) is 29.8 Å². The molecule has 0 spiro atoms. The normalized spacial score (nSPS) is 27.5. The Kier molecular flexibility index (Phi) is 1.80. The number of rotatable bonds is 0. The third-order valence-electron chi connectivity index (χ3n) is 2.76. The van der Waals surface area contributed by atoms with Crippen molar-refractivity contribution in [1.29, 1.82) is 0 Å². The lowest BCUT2D eigenvalue weighted by Gasteiger charge is -2.28. The van der Waals surface area contributed by atoms with E-state index in [2.05, 4.69) is 32.0 Å². The molecule has 0 saturated heterocycles. The summed E-state index contributed by atoms with van der Waals surface area (Å²) in [4.78, 5) is 0. The number of hydrogen-bond acceptors (Lipinski definition) is 1. The maximum absolute atomic E-state index is 5.61. The van der Waals surface area contributed by atoms with Crippen molar-refractivity contribution in [2.45, 2.75) is 19.8 Å². The van der Waals surface area contributed by atoms with E-state index in [-0.39, 0.29) is 0 Å². The first kappa shape index (κ1) is 7.66. The molecule has 64 valence electrons. The summed E-state index contributed by atoms with van der Waals surface area (Å²) in [6.45, 7) is 5.37. The van der Waals surface area contributed by atoms with Gasteiger partial charge in [-0.15, -0.1) is 0 Å². The lowest BCUT2D eigenvalue weighted by Crippen LogP contribution is -2.21. The van der Waals surface area contributed by atoms with Gasteiger partial charge in [-0.1, -0.05) is 32.0 Å². The Hall–Kier alpha value is -0.980. The SMILES string of the molecule is C[C@@H]1COc2ccccc2[C@@H]1C. The van der Waals surface area contributed by atoms with Gasteiger partial charge in [-0.25, -0.2) is 0 Å². The summed E-state index contributed by atoms with van der Waals surface area (Å²) in [5, 5.41) is 0. The van der Waals surface area contributed by atoms with Crippen LogP contribution in [0.5, 0.6) is 5.75 Å². The van der Waals surface area contributed by atoms with Crippen LogP contribution in [0.15, 0.2) is 24.3 Å². The number of para-hydroxylation sites is 1. The summed E-state index contributed by atoms with van der Waals surface area (Å²) in [6, 6.07) is 8.33. The summed E-state index contributed by atoms with van der Waals surface area (Å²) in [5.41, 5.74) is 1.36. The Labute approximate surface area is 73.4 Å². The Balaban J connectivity index is 2.42. The van der Waals surface area contributed by atoms with Crippen LogP contribution in [0.2, 0.25) is 0 Å². The van der Waals surface area contributed by atoms with Gasteiger partial charge in [0.25, 0.3) is 0 Å². The van der Waals surface area contributed by atoms with Crippen LogP contribution >= 0.6 is 0 Å². The molecule has 1 aliphatic rings. The molecule has 0 radical (unpaired) electrons. The van der Waals surface area contributed by atoms with Crippen LogP contribution in [0.1, 0.15) is 25.3 Å². The Morgan fingerprint density at radius 2 is 2.00 bits per heavy atom. The fraction of sp³-hybridized carbons (Fsp3) is 0.455. The summed E-state index contributed by atoms with van der Waals surface area (Å²) < 4.78 is 5.61. The fourth-order valence-electron chi connectivity index (χ4n) is 1.66. The topological polar surface area (TPSA) is 9.23 Å². The average Bonchev–Trinajstić information content (AvgIpc) is 2.12. The number of hydrogen-bond donors (Lipinski definition) is 0. The average molecular weight is 162 g/mol. The quantitative estimate of drug-likeness (QED) is 0.570. The van der Waals surface area contributed by atoms with Crippen molar-refractivity contribution in [2.75, 3.05) is 6.61 Å². The Bertz CT molecular complexity index is 280. The molecule has 1 nitrogen and oxygen atoms in total. The van der Waals surface area contributed by atoms with E-state index in [1.165, 1.54) is 5.56 Å². The molecule has 0 aliphatic carbocycles. The molecule has 0 unspecified atom stereocenters. The molecule has 1 heteroatoms. The largest absolute Gasteiger partial charge is 0.493 e. The monoisotopic (exact) mass is 162 g/mol. The smallest absolute Gasteiger partial charge is 0.122 e. The summed E-state index contributed by atoms with van der Waals surface area (Å²) in [7, 11) is 0. The van der Waals surface area contributed by atoms with Crippen LogP contribution in [0.3, 0.4) is 0 Å². The Morgan fingerprint density at radius 1 is 1.25 bits per heavy atom. The molecule has 0 saturated carbocycles. The van der Waals surface area contributed by atoms with Crippen LogP contribution in [0, 0.1) is 5.92 Å². The maximum atomic E-state index is 5.61. The number of benzene rings is 1. The first-order chi connectivity index (χ1) is 5.79. The van der Waals surface area contributed by atoms with Crippen molar-refractivity contribution < 1.29 is 4.74 Å². The van der Waals surface area contributed by atoms with E-state index in [1.54, 1.807) is 0 Å². The Morgan fingerprint density at radius 3 is 2.83 bits per heavy atom. The van der Waals surface area contributed by atoms with Crippen LogP contribution in [0.25, 0.3) is 0 Å². The van der Waals surface area contributed by atoms with Crippen LogP contribution in [-0.4, -0.2) is 6.61 Å². The summed E-state index contributed by atoms with van der Waals surface area (Å²) >= 11 is 0. The van der Waals surface area contributed by atoms with E-state index in [4.69, 9.17) is 4.74 Å². The zero-order valence-electron chi connectivity index (χ0n) is 7.58. The molecule has 1 aromatic carbocycles. The van der Waals surface area contributed by atoms with Crippen LogP contribution in [0.4, 0.5) is 0 Å². The highest BCUT2D eigenvalue weighted by Gasteiger charge is 2.23. The third kappa shape index (κ3) is 1.09. The molecule has 0 N–H and O–H groups in total. The lowest BCUT2D eigenvalue weighted by molar-refractivity contribution is 0.211. The molecule has 1 aliphatic heterocycles. The van der Waals surface area contributed by atoms with Gasteiger partial charge >= 0.3 is 0 Å². The standard InChI is InChI=1S/C11H14O/c1-8-7-12-11-6-4-3-5-10(11)9(8)2/h3-6,8-9H,7H2,1-2H3/t8-,9-/m1/s1. The lowest BCUT2D eigenvalue weighted by atomic mass is 9.87. The van der Waals surface area contributed by atoms with Crippen LogP contribution < -0.4 is 4.74 Å². The first-order valence-electron chi connectivity index (χ1n) is 4.51. The fourth-order valence-corrected chi connectivity index (χ4v) is 1.66. The highest BCUT2D eigenvalue weighted by atomic mass is 16.5. The molecule has 0 aromatic heterocycles. The first-order valence-corrected chi connectivity index (χ1v) is 4.51. The second-order valence-corrected chi connectivity index (χ2v) is 3.61. The van der Waals surface area contributed by atoms with Gasteiger partial charge < -0.3 is 4.74 Å². The molecule has 0 amide bonds. The minimum absolute atomic E-state index is 0.634. The van der Waals surface area contributed by atoms with Gasteiger partial charge in [-0.3, -0.25) is 0 Å². The predicted octanol–water partition coefficient (Wildman–Crippen LogP) is 2.82. The zero-order chi connectivity index (χ0) is 8.55. The second kappa shape index (κ2) is 2.81. The molecule has 2 atom stereocenters. The zero-order valence-corrected chi connectivity index (χ0v) is 7.58. The molecule has 0 fully saturated rings. The minimum atomic E-state index is 0.634. The highest BCUT2D eigenvalue weighted by molar-refractivity contribution is 5.37. The van der Waals surface area contributed by atoms with Crippen molar-refractivity contribution in [3.8, 4) is 5.75 Å². The summed E-state index contributed by atoms with van der Waals surface area (Å²) in [6.07, 6.45) is 0. The van der Waals surface area contributed by atoms with E-state index >= 15 is 0 Å². The molecule has 1 aromatic rings. The van der Waals surface area contributed by atoms with Crippen molar-refractivity contribution in [2.24, 2.45) is 5.92 Å². The van der Waals surface area contributed by atoms with Gasteiger partial charge in [0, 0.05) is 0 Å². The van der Waals surface area contributed by atoms with Crippen molar-refractivity contribution in [1.82, 2.24) is 0 Å². The van der Waals surface area contributed by atoms with E-state index in [9.17, 15) is 0 Å². The van der Waals surface area contributed by atoms with E-state index in [0.717, 1.165) is 12.4 Å². The van der Waals surface area contributed by atoms with E-state index in [0.29, 0.717) is 11.8 Å². The molecule has 12 heavy (non-hydrogen) atoms. The van der Waals surface area contributed by atoms with Gasteiger partial charge in [-0.2, -0.15) is 0 Å². The molecular weight excluding hydrogens is 148 g/mol. The summed E-state index contributed by atoms with van der Waals surface area (Å²) in [5.74, 6) is 2.35. The van der Waals surface area contributed by atoms with Gasteiger partial charge in [-0.05, 0) is 23.5 Å². The van der Waals surface area contributed by atoms with Gasteiger partial charge in [0.15, 0.2) is 0 Å². The number of fused-ring (bicyclic) bond motifs is 1. The van der Waals surface area contributed by atoms with Gasteiger partial charge in [0.05, 0.1) is 6.61 Å².